The number of halogens is 2. The first kappa shape index (κ1) is 32.6. The number of nitrogens with one attached hydrogen (secondary N) is 1. The molecule has 3 aromatic heterocycles. The molecule has 0 aliphatic carbocycles. The maximum Gasteiger partial charge on any atom is 0.326 e. The van der Waals surface area contributed by atoms with Gasteiger partial charge in [0, 0.05) is 62.5 Å². The van der Waals surface area contributed by atoms with E-state index in [1.54, 1.807) is 30.3 Å². The number of aromatic nitrogens is 4. The molecule has 1 N–H and O–H groups in total. The van der Waals surface area contributed by atoms with Gasteiger partial charge in [0.2, 0.25) is 5.91 Å². The highest BCUT2D eigenvalue weighted by Gasteiger charge is 2.42. The normalized spacial score (nSPS) is 17.6. The quantitative estimate of drug-likeness (QED) is 0.240. The van der Waals surface area contributed by atoms with E-state index < -0.39 is 5.82 Å². The largest absolute Gasteiger partial charge is 0.366 e. The number of carbonyl (C=O) groups excluding carboxylic acids is 1. The predicted octanol–water partition coefficient (Wildman–Crippen LogP) is 5.81. The maximum atomic E-state index is 18.0. The summed E-state index contributed by atoms with van der Waals surface area (Å²) in [5, 5.41) is 0.616. The fraction of sp³-hybridized carbons (Fsp3) is 0.351. The molecule has 0 radical (unpaired) electrons. The van der Waals surface area contributed by atoms with Gasteiger partial charge in [0.25, 0.3) is 5.56 Å². The average molecular weight is 684 g/mol. The number of pyridine rings is 2. The lowest BCUT2D eigenvalue weighted by atomic mass is 9.93. The first-order valence-electron chi connectivity index (χ1n) is 16.4. The summed E-state index contributed by atoms with van der Waals surface area (Å²) < 4.78 is 20.9. The van der Waals surface area contributed by atoms with Crippen LogP contribution in [-0.4, -0.2) is 68.7 Å². The Hall–Kier alpha value is -4.90. The lowest BCUT2D eigenvalue weighted by molar-refractivity contribution is -0.128. The molecule has 2 atom stereocenters. The Morgan fingerprint density at radius 2 is 1.78 bits per heavy atom. The molecule has 0 bridgehead atoms. The SMILES string of the molecule is C=CC(=O)N1CC2CN(C)c3c(c4cc(Cl)c(-c5c(C)ccc6[nH]c(=O)n(C)c56)c(F)c4n(-c4c(C)ccnc4C(C)C)c3=O)N2CC1C. The summed E-state index contributed by atoms with van der Waals surface area (Å²) in [6, 6.07) is 6.81. The Morgan fingerprint density at radius 1 is 1.04 bits per heavy atom. The monoisotopic (exact) mass is 683 g/mol. The molecule has 2 aliphatic rings. The van der Waals surface area contributed by atoms with Crippen LogP contribution in [0.15, 0.2) is 52.7 Å². The van der Waals surface area contributed by atoms with Crippen molar-refractivity contribution in [3.05, 3.63) is 91.6 Å². The zero-order valence-electron chi connectivity index (χ0n) is 28.7. The van der Waals surface area contributed by atoms with E-state index in [4.69, 9.17) is 11.6 Å². The number of H-pyrrole nitrogens is 1. The van der Waals surface area contributed by atoms with E-state index in [0.29, 0.717) is 69.9 Å². The van der Waals surface area contributed by atoms with Crippen molar-refractivity contribution >= 4 is 50.8 Å². The molecular weight excluding hydrogens is 645 g/mol. The van der Waals surface area contributed by atoms with E-state index in [1.807, 2.05) is 58.7 Å². The first-order valence-corrected chi connectivity index (χ1v) is 16.8. The second-order valence-corrected chi connectivity index (χ2v) is 14.1. The van der Waals surface area contributed by atoms with Crippen molar-refractivity contribution in [1.82, 2.24) is 24.0 Å². The molecule has 1 saturated heterocycles. The summed E-state index contributed by atoms with van der Waals surface area (Å²) in [7, 11) is 3.48. The number of aryl methyl sites for hydroxylation is 3. The lowest BCUT2D eigenvalue weighted by Gasteiger charge is -2.51. The van der Waals surface area contributed by atoms with Gasteiger partial charge >= 0.3 is 5.69 Å². The number of hydrogen-bond acceptors (Lipinski definition) is 6. The highest BCUT2D eigenvalue weighted by atomic mass is 35.5. The number of anilines is 2. The molecule has 0 saturated carbocycles. The molecule has 0 spiro atoms. The number of hydrogen-bond donors (Lipinski definition) is 1. The van der Waals surface area contributed by atoms with E-state index in [9.17, 15) is 9.59 Å². The third-order valence-electron chi connectivity index (χ3n) is 10.2. The van der Waals surface area contributed by atoms with Gasteiger partial charge in [-0.15, -0.1) is 0 Å². The number of piperazine rings is 1. The van der Waals surface area contributed by atoms with Crippen molar-refractivity contribution in [2.75, 3.05) is 36.5 Å². The summed E-state index contributed by atoms with van der Waals surface area (Å²) in [6.07, 6.45) is 3.03. The Balaban J connectivity index is 1.65. The van der Waals surface area contributed by atoms with Crippen LogP contribution in [0.3, 0.4) is 0 Å². The van der Waals surface area contributed by atoms with Crippen LogP contribution in [-0.2, 0) is 11.8 Å². The predicted molar refractivity (Wildman–Crippen MR) is 194 cm³/mol. The Morgan fingerprint density at radius 3 is 2.47 bits per heavy atom. The molecule has 2 aromatic carbocycles. The molecule has 2 unspecified atom stereocenters. The van der Waals surface area contributed by atoms with Gasteiger partial charge in [0.15, 0.2) is 5.82 Å². The minimum atomic E-state index is -0.678. The van der Waals surface area contributed by atoms with Gasteiger partial charge in [0.05, 0.1) is 44.7 Å². The Labute approximate surface area is 288 Å². The van der Waals surface area contributed by atoms with E-state index in [0.717, 1.165) is 5.56 Å². The Bertz CT molecular complexity index is 2360. The summed E-state index contributed by atoms with van der Waals surface area (Å²) in [4.78, 5) is 54.0. The van der Waals surface area contributed by atoms with Crippen LogP contribution in [0, 0.1) is 19.7 Å². The number of aromatic amines is 1. The number of rotatable bonds is 4. The number of carbonyl (C=O) groups is 1. The van der Waals surface area contributed by atoms with Crippen molar-refractivity contribution < 1.29 is 9.18 Å². The molecule has 2 aliphatic heterocycles. The maximum absolute atomic E-state index is 18.0. The van der Waals surface area contributed by atoms with Gasteiger partial charge in [0.1, 0.15) is 5.69 Å². The molecule has 49 heavy (non-hydrogen) atoms. The van der Waals surface area contributed by atoms with Gasteiger partial charge in [-0.25, -0.2) is 9.18 Å². The third kappa shape index (κ3) is 4.73. The second-order valence-electron chi connectivity index (χ2n) is 13.7. The molecule has 10 nitrogen and oxygen atoms in total. The molecular formula is C37H39ClFN7O3. The summed E-state index contributed by atoms with van der Waals surface area (Å²) in [5.74, 6) is -0.911. The van der Waals surface area contributed by atoms with E-state index in [2.05, 4.69) is 21.4 Å². The van der Waals surface area contributed by atoms with Gasteiger partial charge in [-0.05, 0) is 62.1 Å². The minimum Gasteiger partial charge on any atom is -0.366 e. The first-order chi connectivity index (χ1) is 23.3. The summed E-state index contributed by atoms with van der Waals surface area (Å²) >= 11 is 7.16. The lowest BCUT2D eigenvalue weighted by Crippen LogP contribution is -2.64. The minimum absolute atomic E-state index is 0.0735. The second kappa shape index (κ2) is 11.6. The van der Waals surface area contributed by atoms with Crippen LogP contribution in [0.25, 0.3) is 38.8 Å². The van der Waals surface area contributed by atoms with Gasteiger partial charge in [-0.3, -0.25) is 23.7 Å². The fourth-order valence-electron chi connectivity index (χ4n) is 7.86. The van der Waals surface area contributed by atoms with Gasteiger partial charge in [-0.1, -0.05) is 38.1 Å². The zero-order valence-corrected chi connectivity index (χ0v) is 29.4. The molecule has 1 amide bonds. The van der Waals surface area contributed by atoms with Crippen molar-refractivity contribution in [3.63, 3.8) is 0 Å². The fourth-order valence-corrected chi connectivity index (χ4v) is 8.15. The highest BCUT2D eigenvalue weighted by Crippen LogP contribution is 2.47. The van der Waals surface area contributed by atoms with E-state index >= 15 is 9.18 Å². The summed E-state index contributed by atoms with van der Waals surface area (Å²) in [6.45, 7) is 14.7. The number of imidazole rings is 1. The number of nitrogens with zero attached hydrogens (tertiary/aromatic N) is 6. The number of amides is 1. The van der Waals surface area contributed by atoms with Crippen molar-refractivity contribution in [3.8, 4) is 16.8 Å². The average Bonchev–Trinajstić information content (AvgIpc) is 3.34. The summed E-state index contributed by atoms with van der Waals surface area (Å²) in [5.41, 5.74) is 4.64. The Kier molecular flexibility index (Phi) is 7.74. The molecule has 12 heteroatoms. The third-order valence-corrected chi connectivity index (χ3v) is 10.5. The van der Waals surface area contributed by atoms with Crippen LogP contribution >= 0.6 is 11.6 Å². The van der Waals surface area contributed by atoms with E-state index in [1.165, 1.54) is 15.2 Å². The smallest absolute Gasteiger partial charge is 0.326 e. The van der Waals surface area contributed by atoms with Crippen LogP contribution in [0.5, 0.6) is 0 Å². The standard InChI is InChI=1S/C37H39ClFN7O3/c1-9-26(47)44-17-22-16-42(7)35-33(45(22)15-21(44)6)23-14-24(38)28(27-19(4)10-11-25-34(27)43(8)37(49)41-25)29(39)32(23)46(36(35)48)31-20(5)12-13-40-30(31)18(2)3/h9-14,18,21-22H,1,15-17H2,2-8H3,(H,41,49). The molecule has 5 heterocycles. The number of likely N-dealkylation sites (N-methyl/N-ethyl adjacent to an activating group) is 1. The van der Waals surface area contributed by atoms with Crippen LogP contribution in [0.4, 0.5) is 15.8 Å². The number of benzene rings is 2. The van der Waals surface area contributed by atoms with Gasteiger partial charge in [-0.2, -0.15) is 0 Å². The van der Waals surface area contributed by atoms with Crippen molar-refractivity contribution in [2.45, 2.75) is 52.6 Å². The molecule has 254 valence electrons. The highest BCUT2D eigenvalue weighted by molar-refractivity contribution is 6.35. The topological polar surface area (TPSA) is 99.5 Å². The molecule has 1 fully saturated rings. The molecule has 7 rings (SSSR count). The van der Waals surface area contributed by atoms with Gasteiger partial charge < -0.3 is 19.7 Å². The van der Waals surface area contributed by atoms with E-state index in [-0.39, 0.29) is 51.3 Å². The van der Waals surface area contributed by atoms with Crippen LogP contribution in [0.1, 0.15) is 43.5 Å². The van der Waals surface area contributed by atoms with Crippen LogP contribution < -0.4 is 21.0 Å². The zero-order chi connectivity index (χ0) is 35.2. The van der Waals surface area contributed by atoms with Crippen LogP contribution in [0.2, 0.25) is 5.02 Å². The molecule has 5 aromatic rings. The van der Waals surface area contributed by atoms with Crippen molar-refractivity contribution in [2.24, 2.45) is 7.05 Å². The van der Waals surface area contributed by atoms with Crippen molar-refractivity contribution in [1.29, 1.82) is 0 Å². The number of fused-ring (bicyclic) bond motifs is 6.